The third kappa shape index (κ3) is 21.9. The highest BCUT2D eigenvalue weighted by Crippen LogP contribution is 2.45. The Morgan fingerprint density at radius 2 is 0.627 bits per heavy atom. The molecule has 0 fully saturated rings. The lowest BCUT2D eigenvalue weighted by molar-refractivity contribution is -0.144. The zero-order valence-electron chi connectivity index (χ0n) is 70.2. The van der Waals surface area contributed by atoms with Crippen LogP contribution in [0.4, 0.5) is 61.5 Å². The molecule has 0 bridgehead atoms. The van der Waals surface area contributed by atoms with E-state index in [1.54, 1.807) is 162 Å². The maximum Gasteiger partial charge on any atom is 0.438 e. The summed E-state index contributed by atoms with van der Waals surface area (Å²) in [6, 6.07) is 54.7. The number of carbonyl (C=O) groups is 1. The van der Waals surface area contributed by atoms with Gasteiger partial charge >= 0.3 is 24.7 Å². The molecule has 0 spiro atoms. The first-order chi connectivity index (χ1) is 62.8. The van der Waals surface area contributed by atoms with Gasteiger partial charge in [0.2, 0.25) is 41.7 Å². The first kappa shape index (κ1) is 96.9. The smallest absolute Gasteiger partial charge is 0.274 e. The lowest BCUT2D eigenvalue weighted by Crippen LogP contribution is -2.28. The summed E-state index contributed by atoms with van der Waals surface area (Å²) in [4.78, 5) is 25.9. The van der Waals surface area contributed by atoms with E-state index in [-0.39, 0.29) is 65.6 Å². The van der Waals surface area contributed by atoms with Gasteiger partial charge < -0.3 is 0 Å². The minimum Gasteiger partial charge on any atom is -0.274 e. The van der Waals surface area contributed by atoms with Crippen molar-refractivity contribution in [2.24, 2.45) is 15.4 Å². The zero-order chi connectivity index (χ0) is 97.3. The molecule has 0 saturated carbocycles. The van der Waals surface area contributed by atoms with Crippen molar-refractivity contribution >= 4 is 46.0 Å². The number of hydrogen-bond acceptors (Lipinski definition) is 17. The van der Waals surface area contributed by atoms with Gasteiger partial charge in [-0.05, 0) is 277 Å². The molecule has 1 amide bonds. The van der Waals surface area contributed by atoms with E-state index in [4.69, 9.17) is 15.4 Å². The number of amides is 1. The Morgan fingerprint density at radius 1 is 0.321 bits per heavy atom. The zero-order valence-corrected chi connectivity index (χ0v) is 73.4. The molecule has 0 radical (unpaired) electrons. The molecule has 0 aliphatic heterocycles. The van der Waals surface area contributed by atoms with Crippen LogP contribution in [0.5, 0.6) is 0 Å². The van der Waals surface area contributed by atoms with Crippen molar-refractivity contribution in [3.8, 4) is 112 Å². The second-order valence-corrected chi connectivity index (χ2v) is 36.1. The van der Waals surface area contributed by atoms with Crippen molar-refractivity contribution in [2.45, 2.75) is 85.8 Å². The number of halogens is 14. The quantitative estimate of drug-likeness (QED) is 0.0615. The molecule has 0 aliphatic rings. The van der Waals surface area contributed by atoms with Gasteiger partial charge in [0.05, 0.1) is 53.7 Å². The third-order valence-electron chi connectivity index (χ3n) is 20.5. The van der Waals surface area contributed by atoms with Crippen LogP contribution in [-0.2, 0) is 69.6 Å². The number of primary sulfonamides is 3. The largest absolute Gasteiger partial charge is 0.438 e. The van der Waals surface area contributed by atoms with Crippen molar-refractivity contribution in [2.75, 3.05) is 0 Å². The van der Waals surface area contributed by atoms with Crippen molar-refractivity contribution in [1.82, 2.24) is 63.8 Å². The molecule has 16 rings (SSSR count). The highest BCUT2D eigenvalue weighted by Gasteiger charge is 2.43. The fourth-order valence-electron chi connectivity index (χ4n) is 13.9. The second-order valence-electron chi connectivity index (χ2n) is 29.8. The molecular formula is C91H70F14N16O9S4. The van der Waals surface area contributed by atoms with Crippen LogP contribution >= 0.6 is 0 Å². The number of aromatic nitrogens is 12. The Morgan fingerprint density at radius 3 is 0.970 bits per heavy atom. The van der Waals surface area contributed by atoms with Crippen LogP contribution in [0.15, 0.2) is 294 Å². The Balaban J connectivity index is 0.000000152. The maximum absolute atomic E-state index is 15.2. The van der Waals surface area contributed by atoms with Gasteiger partial charge in [-0.25, -0.2) is 81.3 Å². The fraction of sp³-hybridized carbons (Fsp3) is 0.110. The Bertz CT molecular complexity index is 7380. The van der Waals surface area contributed by atoms with Gasteiger partial charge in [-0.1, -0.05) is 48.5 Å². The van der Waals surface area contributed by atoms with Crippen molar-refractivity contribution < 1.29 is 99.9 Å². The molecule has 43 heteroatoms. The number of nitrogens with zero attached hydrogens (tertiary/aromatic N) is 12. The van der Waals surface area contributed by atoms with Gasteiger partial charge in [-0.3, -0.25) is 24.7 Å². The van der Waals surface area contributed by atoms with E-state index in [0.29, 0.717) is 45.0 Å². The first-order valence-corrected chi connectivity index (χ1v) is 45.1. The van der Waals surface area contributed by atoms with Crippen LogP contribution < -0.4 is 20.1 Å². The number of rotatable bonds is 17. The Hall–Kier alpha value is -14.6. The van der Waals surface area contributed by atoms with Crippen LogP contribution in [0.2, 0.25) is 0 Å². The predicted octanol–water partition coefficient (Wildman–Crippen LogP) is 19.1. The van der Waals surface area contributed by atoms with E-state index >= 15 is 4.39 Å². The van der Waals surface area contributed by atoms with Crippen LogP contribution in [-0.4, -0.2) is 98.6 Å². The van der Waals surface area contributed by atoms with E-state index in [1.807, 2.05) is 41.1 Å². The van der Waals surface area contributed by atoms with Gasteiger partial charge in [-0.15, -0.1) is 0 Å². The molecule has 0 aliphatic carbocycles. The van der Waals surface area contributed by atoms with Gasteiger partial charge in [0.15, 0.2) is 22.9 Å². The van der Waals surface area contributed by atoms with Gasteiger partial charge in [0, 0.05) is 84.3 Å². The summed E-state index contributed by atoms with van der Waals surface area (Å²) < 4.78 is 293. The standard InChI is InChI=1S/C24H19F3N4O3S.C23H19F3N4O2S.2C22H16F4N4O2S/c1-15-3-4-18(17-9-11-28-12-10-17)13-21(15)22-14-23(24(25,26)27)29-31(22)19-5-7-20(8-6-19)35(33,34)30-16(2)32;1-14-3-4-17(16-9-11-28-12-10-16)13-20(14)21-15(2)22(23(24,25)26)29-30(21)18-5-7-19(8-6-18)33(27,31)32;1-13-2-3-15(14-8-10-28-11-9-14)12-18(13)20-19(23)21(22(24,25)26)29-30(20)16-4-6-17(7-5-16)33(27,31)32;1-13-2-3-15(14-6-8-28-9-7-14)10-17(13)20-12-21(22(24,25)26)29-30(20)19-5-4-16(11-18(19)23)33(27,31)32/h3-14H,1-2H3,(H,30,32);3-13H,1-2H3,(H2,27,31,32);2*2-12H,1H3,(H2,27,31,32). The monoisotopic (exact) mass is 1920 g/mol. The summed E-state index contributed by atoms with van der Waals surface area (Å²) in [6.07, 6.45) is -6.36. The molecule has 8 aromatic carbocycles. The molecular weight excluding hydrogens is 1860 g/mol. The number of sulfonamides is 4. The molecule has 0 unspecified atom stereocenters. The van der Waals surface area contributed by atoms with Gasteiger partial charge in [0.25, 0.3) is 10.0 Å². The van der Waals surface area contributed by atoms with E-state index in [2.05, 4.69) is 40.3 Å². The van der Waals surface area contributed by atoms with Crippen LogP contribution in [0, 0.1) is 46.3 Å². The topological polar surface area (TPSA) is 367 Å². The lowest BCUT2D eigenvalue weighted by Gasteiger charge is -2.13. The van der Waals surface area contributed by atoms with Crippen molar-refractivity contribution in [3.05, 3.63) is 336 Å². The lowest BCUT2D eigenvalue weighted by atomic mass is 9.96. The molecule has 16 aromatic rings. The normalized spacial score (nSPS) is 12.1. The number of hydrogen-bond donors (Lipinski definition) is 4. The Kier molecular flexibility index (Phi) is 27.4. The number of carbonyl (C=O) groups excluding carboxylic acids is 1. The predicted molar refractivity (Wildman–Crippen MR) is 468 cm³/mol. The summed E-state index contributed by atoms with van der Waals surface area (Å²) >= 11 is 0. The van der Waals surface area contributed by atoms with E-state index in [1.165, 1.54) is 72.3 Å². The summed E-state index contributed by atoms with van der Waals surface area (Å²) in [5.74, 6) is -3.39. The average Bonchev–Trinajstić information content (AvgIpc) is 1.59. The highest BCUT2D eigenvalue weighted by atomic mass is 32.2. The summed E-state index contributed by atoms with van der Waals surface area (Å²) in [5, 5.41) is 30.0. The SMILES string of the molecule is CC(=O)NS(=O)(=O)c1ccc(-n2nc(C(F)(F)F)cc2-c2cc(-c3ccncc3)ccc2C)cc1.Cc1ccc(-c2ccncc2)cc1-c1c(C)c(C(F)(F)F)nn1-c1ccc(S(N)(=O)=O)cc1.Cc1ccc(-c2ccncc2)cc1-c1c(F)c(C(F)(F)F)nn1-c1ccc(S(N)(=O)=O)cc1.Cc1ccc(-c2ccncc2)cc1-c1cc(C(F)(F)F)nn1-c1ccc(S(N)(=O)=O)cc1F. The molecule has 8 heterocycles. The number of aryl methyl sites for hydroxylation is 4. The summed E-state index contributed by atoms with van der Waals surface area (Å²) in [7, 11) is -16.3. The number of benzene rings is 8. The molecule has 0 atom stereocenters. The van der Waals surface area contributed by atoms with Crippen LogP contribution in [0.3, 0.4) is 0 Å². The highest BCUT2D eigenvalue weighted by molar-refractivity contribution is 7.90. The fourth-order valence-corrected chi connectivity index (χ4v) is 16.5. The average molecular weight is 1930 g/mol. The molecule has 690 valence electrons. The van der Waals surface area contributed by atoms with E-state index < -0.39 is 116 Å². The number of nitrogens with one attached hydrogen (secondary N) is 1. The molecule has 25 nitrogen and oxygen atoms in total. The maximum atomic E-state index is 15.2. The molecule has 0 saturated heterocycles. The van der Waals surface area contributed by atoms with Gasteiger partial charge in [-0.2, -0.15) is 73.1 Å². The molecule has 134 heavy (non-hydrogen) atoms. The summed E-state index contributed by atoms with van der Waals surface area (Å²) in [6.45, 7) is 9.36. The minimum atomic E-state index is -5.04. The van der Waals surface area contributed by atoms with Gasteiger partial charge in [0.1, 0.15) is 17.2 Å². The molecule has 8 aromatic heterocycles. The number of pyridine rings is 4. The number of alkyl halides is 12. The Labute approximate surface area is 755 Å². The van der Waals surface area contributed by atoms with Crippen LogP contribution in [0.1, 0.15) is 57.5 Å². The first-order valence-electron chi connectivity index (χ1n) is 39.0. The van der Waals surface area contributed by atoms with Crippen LogP contribution in [0.25, 0.3) is 112 Å². The third-order valence-corrected chi connectivity index (χ3v) is 24.7. The van der Waals surface area contributed by atoms with E-state index in [0.717, 1.165) is 102 Å². The number of nitrogens with two attached hydrogens (primary N) is 3. The van der Waals surface area contributed by atoms with Crippen molar-refractivity contribution in [3.63, 3.8) is 0 Å². The van der Waals surface area contributed by atoms with Crippen molar-refractivity contribution in [1.29, 1.82) is 0 Å². The van der Waals surface area contributed by atoms with E-state index in [9.17, 15) is 95.5 Å². The second kappa shape index (κ2) is 37.9. The minimum absolute atomic E-state index is 0.0158. The molecule has 7 N–H and O–H groups in total. The summed E-state index contributed by atoms with van der Waals surface area (Å²) in [5.41, 5.74) is 5.64.